The van der Waals surface area contributed by atoms with Gasteiger partial charge in [0.1, 0.15) is 5.78 Å². The number of hydrogen-bond acceptors (Lipinski definition) is 1. The summed E-state index contributed by atoms with van der Waals surface area (Å²) in [6, 6.07) is 0. The number of ketones is 1. The van der Waals surface area contributed by atoms with E-state index < -0.39 is 0 Å². The highest BCUT2D eigenvalue weighted by Crippen LogP contribution is 2.48. The molecule has 0 spiro atoms. The zero-order valence-corrected chi connectivity index (χ0v) is 10.1. The second-order valence-electron chi connectivity index (χ2n) is 4.71. The molecule has 0 N–H and O–H groups in total. The molecule has 0 radical (unpaired) electrons. The molecule has 1 rings (SSSR count). The Morgan fingerprint density at radius 3 is 1.71 bits per heavy atom. The lowest BCUT2D eigenvalue weighted by Gasteiger charge is -2.27. The van der Waals surface area contributed by atoms with Crippen LogP contribution >= 0.6 is 0 Å². The van der Waals surface area contributed by atoms with Crippen molar-refractivity contribution in [1.29, 1.82) is 0 Å². The third-order valence-corrected chi connectivity index (χ3v) is 3.95. The first-order chi connectivity index (χ1) is 6.30. The molecule has 0 aliphatic heterocycles. The standard InChI is InChI=1S/C13H20O/c1-8(14)7-13(6)11(4)9(2)10(3)12(13)5/h7H2,1-6H3. The number of allylic oxidation sites excluding steroid dienone is 4. The van der Waals surface area contributed by atoms with Crippen LogP contribution in [0.3, 0.4) is 0 Å². The zero-order chi connectivity index (χ0) is 11.1. The fourth-order valence-electron chi connectivity index (χ4n) is 2.43. The van der Waals surface area contributed by atoms with E-state index in [0.717, 1.165) is 0 Å². The largest absolute Gasteiger partial charge is 0.300 e. The van der Waals surface area contributed by atoms with E-state index in [-0.39, 0.29) is 11.2 Å². The van der Waals surface area contributed by atoms with Gasteiger partial charge in [-0.2, -0.15) is 0 Å². The fraction of sp³-hybridized carbons (Fsp3) is 0.615. The minimum Gasteiger partial charge on any atom is -0.300 e. The predicted octanol–water partition coefficient (Wildman–Crippen LogP) is 3.66. The van der Waals surface area contributed by atoms with Crippen LogP contribution in [-0.2, 0) is 4.79 Å². The first-order valence-corrected chi connectivity index (χ1v) is 5.16. The molecule has 1 aliphatic rings. The number of hydrogen-bond donors (Lipinski definition) is 0. The van der Waals surface area contributed by atoms with Crippen LogP contribution in [0.5, 0.6) is 0 Å². The normalized spacial score (nSPS) is 20.7. The van der Waals surface area contributed by atoms with Crippen LogP contribution < -0.4 is 0 Å². The van der Waals surface area contributed by atoms with Crippen molar-refractivity contribution in [3.63, 3.8) is 0 Å². The third-order valence-electron chi connectivity index (χ3n) is 3.95. The molecule has 1 heteroatoms. The maximum atomic E-state index is 11.3. The Morgan fingerprint density at radius 1 is 1.07 bits per heavy atom. The zero-order valence-electron chi connectivity index (χ0n) is 10.1. The minimum absolute atomic E-state index is 0.0139. The molecular formula is C13H20O. The minimum atomic E-state index is -0.0139. The summed E-state index contributed by atoms with van der Waals surface area (Å²) < 4.78 is 0. The van der Waals surface area contributed by atoms with E-state index in [2.05, 4.69) is 34.6 Å². The van der Waals surface area contributed by atoms with Gasteiger partial charge < -0.3 is 0 Å². The van der Waals surface area contributed by atoms with E-state index in [1.165, 1.54) is 22.3 Å². The molecule has 0 aromatic rings. The first kappa shape index (κ1) is 11.2. The van der Waals surface area contributed by atoms with Crippen molar-refractivity contribution < 1.29 is 4.79 Å². The van der Waals surface area contributed by atoms with Crippen molar-refractivity contribution in [2.45, 2.75) is 48.0 Å². The molecule has 0 bridgehead atoms. The molecule has 1 aliphatic carbocycles. The highest BCUT2D eigenvalue weighted by atomic mass is 16.1. The van der Waals surface area contributed by atoms with Crippen molar-refractivity contribution in [2.75, 3.05) is 0 Å². The van der Waals surface area contributed by atoms with Crippen molar-refractivity contribution in [1.82, 2.24) is 0 Å². The fourth-order valence-corrected chi connectivity index (χ4v) is 2.43. The van der Waals surface area contributed by atoms with E-state index in [9.17, 15) is 4.79 Å². The van der Waals surface area contributed by atoms with Crippen LogP contribution in [0.25, 0.3) is 0 Å². The molecule has 0 heterocycles. The Labute approximate surface area is 86.9 Å². The van der Waals surface area contributed by atoms with Crippen LogP contribution in [0.2, 0.25) is 0 Å². The average Bonchev–Trinajstić information content (AvgIpc) is 2.21. The molecule has 78 valence electrons. The predicted molar refractivity (Wildman–Crippen MR) is 60.2 cm³/mol. The summed E-state index contributed by atoms with van der Waals surface area (Å²) in [7, 11) is 0. The Kier molecular flexibility index (Phi) is 2.71. The summed E-state index contributed by atoms with van der Waals surface area (Å²) in [6.45, 7) is 12.5. The van der Waals surface area contributed by atoms with E-state index in [4.69, 9.17) is 0 Å². The van der Waals surface area contributed by atoms with Gasteiger partial charge >= 0.3 is 0 Å². The van der Waals surface area contributed by atoms with Gasteiger partial charge in [-0.15, -0.1) is 0 Å². The van der Waals surface area contributed by atoms with Gasteiger partial charge in [0.15, 0.2) is 0 Å². The molecule has 14 heavy (non-hydrogen) atoms. The lowest BCUT2D eigenvalue weighted by molar-refractivity contribution is -0.118. The summed E-state index contributed by atoms with van der Waals surface area (Å²) in [5.74, 6) is 0.272. The van der Waals surface area contributed by atoms with Crippen molar-refractivity contribution >= 4 is 5.78 Å². The summed E-state index contributed by atoms with van der Waals surface area (Å²) in [5, 5.41) is 0. The SMILES string of the molecule is CC(=O)CC1(C)C(C)=C(C)C(C)=C1C. The molecule has 1 nitrogen and oxygen atoms in total. The van der Waals surface area contributed by atoms with Gasteiger partial charge in [-0.3, -0.25) is 4.79 Å². The maximum Gasteiger partial charge on any atom is 0.131 e. The second-order valence-corrected chi connectivity index (χ2v) is 4.71. The smallest absolute Gasteiger partial charge is 0.131 e. The molecule has 0 aromatic carbocycles. The average molecular weight is 192 g/mol. The molecule has 0 fully saturated rings. The number of carbonyl (C=O) groups is 1. The highest BCUT2D eigenvalue weighted by Gasteiger charge is 2.36. The molecule has 0 aromatic heterocycles. The third kappa shape index (κ3) is 1.45. The number of carbonyl (C=O) groups excluding carboxylic acids is 1. The van der Waals surface area contributed by atoms with E-state index in [1.807, 2.05) is 0 Å². The van der Waals surface area contributed by atoms with Crippen LogP contribution in [0.1, 0.15) is 48.0 Å². The van der Waals surface area contributed by atoms with E-state index in [0.29, 0.717) is 6.42 Å². The first-order valence-electron chi connectivity index (χ1n) is 5.16. The van der Waals surface area contributed by atoms with Gasteiger partial charge in [0.25, 0.3) is 0 Å². The molecule has 0 saturated heterocycles. The molecule has 0 amide bonds. The van der Waals surface area contributed by atoms with Gasteiger partial charge in [-0.25, -0.2) is 0 Å². The van der Waals surface area contributed by atoms with Gasteiger partial charge in [0.2, 0.25) is 0 Å². The van der Waals surface area contributed by atoms with Crippen LogP contribution in [0, 0.1) is 5.41 Å². The second kappa shape index (κ2) is 3.38. The van der Waals surface area contributed by atoms with Gasteiger partial charge in [0, 0.05) is 11.8 Å². The van der Waals surface area contributed by atoms with E-state index >= 15 is 0 Å². The molecule has 0 unspecified atom stereocenters. The summed E-state index contributed by atoms with van der Waals surface area (Å²) in [4.78, 5) is 11.3. The molecule has 0 saturated carbocycles. The van der Waals surface area contributed by atoms with E-state index in [1.54, 1.807) is 6.92 Å². The Morgan fingerprint density at radius 2 is 1.43 bits per heavy atom. The summed E-state index contributed by atoms with van der Waals surface area (Å²) in [6.07, 6.45) is 0.638. The number of Topliss-reactive ketones (excluding diaryl/α,β-unsaturated/α-hetero) is 1. The van der Waals surface area contributed by atoms with Gasteiger partial charge in [-0.05, 0) is 45.8 Å². The lowest BCUT2D eigenvalue weighted by Crippen LogP contribution is -2.20. The van der Waals surface area contributed by atoms with Crippen molar-refractivity contribution in [3.8, 4) is 0 Å². The Hall–Kier alpha value is -0.850. The summed E-state index contributed by atoms with van der Waals surface area (Å²) in [5.41, 5.74) is 5.45. The molecular weight excluding hydrogens is 172 g/mol. The Bertz CT molecular complexity index is 318. The van der Waals surface area contributed by atoms with Crippen LogP contribution in [0.15, 0.2) is 22.3 Å². The summed E-state index contributed by atoms with van der Waals surface area (Å²) >= 11 is 0. The lowest BCUT2D eigenvalue weighted by atomic mass is 9.75. The van der Waals surface area contributed by atoms with Crippen molar-refractivity contribution in [2.24, 2.45) is 5.41 Å². The van der Waals surface area contributed by atoms with Gasteiger partial charge in [-0.1, -0.05) is 18.1 Å². The quantitative estimate of drug-likeness (QED) is 0.652. The van der Waals surface area contributed by atoms with Gasteiger partial charge in [0.05, 0.1) is 0 Å². The monoisotopic (exact) mass is 192 g/mol. The highest BCUT2D eigenvalue weighted by molar-refractivity contribution is 5.78. The van der Waals surface area contributed by atoms with Crippen molar-refractivity contribution in [3.05, 3.63) is 22.3 Å². The van der Waals surface area contributed by atoms with Crippen LogP contribution in [-0.4, -0.2) is 5.78 Å². The van der Waals surface area contributed by atoms with Crippen LogP contribution in [0.4, 0.5) is 0 Å². The number of rotatable bonds is 2. The maximum absolute atomic E-state index is 11.3. The topological polar surface area (TPSA) is 17.1 Å². The Balaban J connectivity index is 3.19. The molecule has 0 atom stereocenters.